The molecular formula is C36H39FNO2Si. The first kappa shape index (κ1) is 29.0. The van der Waals surface area contributed by atoms with Gasteiger partial charge < -0.3 is 9.33 Å². The quantitative estimate of drug-likeness (QED) is 0.150. The van der Waals surface area contributed by atoms with Crippen molar-refractivity contribution in [3.05, 3.63) is 126 Å². The molecule has 4 aromatic rings. The van der Waals surface area contributed by atoms with Gasteiger partial charge in [-0.15, -0.1) is 0 Å². The molecule has 5 rings (SSSR count). The zero-order chi connectivity index (χ0) is 29.2. The summed E-state index contributed by atoms with van der Waals surface area (Å²) in [4.78, 5) is 15.6. The molecule has 1 heterocycles. The predicted octanol–water partition coefficient (Wildman–Crippen LogP) is 9.54. The molecule has 4 aromatic carbocycles. The number of rotatable bonds is 9. The van der Waals surface area contributed by atoms with Gasteiger partial charge in [0.1, 0.15) is 5.82 Å². The van der Waals surface area contributed by atoms with Crippen molar-refractivity contribution in [2.75, 3.05) is 4.90 Å². The highest BCUT2D eigenvalue weighted by Gasteiger charge is 2.49. The number of carbonyl (C=O) groups is 1. The molecule has 5 heteroatoms. The molecule has 0 saturated carbocycles. The van der Waals surface area contributed by atoms with Gasteiger partial charge in [0.15, 0.2) is 8.32 Å². The average Bonchev–Trinajstić information content (AvgIpc) is 2.96. The number of anilines is 1. The smallest absolute Gasteiger partial charge is 0.233 e. The number of hydrogen-bond donors (Lipinski definition) is 0. The first-order valence-electron chi connectivity index (χ1n) is 14.4. The van der Waals surface area contributed by atoms with Crippen molar-refractivity contribution in [2.24, 2.45) is 5.92 Å². The molecule has 0 aliphatic carbocycles. The minimum Gasteiger partial charge on any atom is -0.410 e. The largest absolute Gasteiger partial charge is 0.410 e. The highest BCUT2D eigenvalue weighted by molar-refractivity contribution is 6.74. The maximum absolute atomic E-state index is 13.8. The third-order valence-corrected chi connectivity index (χ3v) is 13.3. The number of benzene rings is 4. The SMILES string of the molecule is CC(C)(C)[Si](C)(C)O[C@@H](CC[C@H]1C(=O)N(c2ccccc2)[C@@H]1c1ccc(-c2c[c]ccc2)cc1)c1ccc(F)cc1. The topological polar surface area (TPSA) is 29.5 Å². The lowest BCUT2D eigenvalue weighted by molar-refractivity contribution is -0.131. The summed E-state index contributed by atoms with van der Waals surface area (Å²) in [5, 5.41) is 0.0302. The van der Waals surface area contributed by atoms with Crippen LogP contribution >= 0.6 is 0 Å². The van der Waals surface area contributed by atoms with E-state index in [9.17, 15) is 9.18 Å². The van der Waals surface area contributed by atoms with Crippen molar-refractivity contribution in [1.82, 2.24) is 0 Å². The van der Waals surface area contributed by atoms with Gasteiger partial charge >= 0.3 is 0 Å². The number of carbonyl (C=O) groups excluding carboxylic acids is 1. The highest BCUT2D eigenvalue weighted by atomic mass is 28.4. The molecular weight excluding hydrogens is 525 g/mol. The van der Waals surface area contributed by atoms with Gasteiger partial charge in [0.2, 0.25) is 5.91 Å². The van der Waals surface area contributed by atoms with Crippen LogP contribution in [0.15, 0.2) is 103 Å². The van der Waals surface area contributed by atoms with Gasteiger partial charge in [-0.25, -0.2) is 4.39 Å². The summed E-state index contributed by atoms with van der Waals surface area (Å²) in [6, 6.07) is 36.1. The zero-order valence-corrected chi connectivity index (χ0v) is 25.6. The van der Waals surface area contributed by atoms with Crippen molar-refractivity contribution < 1.29 is 13.6 Å². The van der Waals surface area contributed by atoms with Gasteiger partial charge in [0.25, 0.3) is 0 Å². The Morgan fingerprint density at radius 2 is 1.59 bits per heavy atom. The van der Waals surface area contributed by atoms with Crippen LogP contribution in [0, 0.1) is 17.8 Å². The normalized spacial score (nSPS) is 18.2. The number of halogens is 1. The molecule has 41 heavy (non-hydrogen) atoms. The van der Waals surface area contributed by atoms with E-state index in [0.717, 1.165) is 27.9 Å². The Hall–Kier alpha value is -3.54. The summed E-state index contributed by atoms with van der Waals surface area (Å²) in [5.41, 5.74) is 5.23. The Labute approximate surface area is 245 Å². The lowest BCUT2D eigenvalue weighted by atomic mass is 9.78. The lowest BCUT2D eigenvalue weighted by Crippen LogP contribution is -2.55. The first-order valence-corrected chi connectivity index (χ1v) is 17.3. The molecule has 1 fully saturated rings. The fourth-order valence-corrected chi connectivity index (χ4v) is 6.69. The van der Waals surface area contributed by atoms with Crippen LogP contribution in [0.5, 0.6) is 0 Å². The molecule has 0 aromatic heterocycles. The molecule has 1 radical (unpaired) electrons. The van der Waals surface area contributed by atoms with Crippen molar-refractivity contribution in [3.63, 3.8) is 0 Å². The minimum absolute atomic E-state index is 0.0302. The average molecular weight is 565 g/mol. The molecule has 211 valence electrons. The standard InChI is InChI=1S/C36H39FNO2Si/c1-36(2,3)41(4,5)40-33(28-20-22-30(37)23-21-28)25-24-32-34(38(35(32)39)31-14-10-7-11-15-31)29-18-16-27(17-19-29)26-12-8-6-9-13-26/h6-8,10-23,32-34H,24-25H2,1-5H3/t32-,33+,34-/m1/s1. The summed E-state index contributed by atoms with van der Waals surface area (Å²) in [5.74, 6) is -0.297. The molecule has 3 atom stereocenters. The van der Waals surface area contributed by atoms with Crippen molar-refractivity contribution in [1.29, 1.82) is 0 Å². The fourth-order valence-electron chi connectivity index (χ4n) is 5.37. The number of amides is 1. The Balaban J connectivity index is 1.42. The van der Waals surface area contributed by atoms with E-state index in [-0.39, 0.29) is 34.8 Å². The van der Waals surface area contributed by atoms with Crippen molar-refractivity contribution in [3.8, 4) is 11.1 Å². The van der Waals surface area contributed by atoms with E-state index in [0.29, 0.717) is 12.8 Å². The van der Waals surface area contributed by atoms with Crippen LogP contribution in [-0.2, 0) is 9.22 Å². The van der Waals surface area contributed by atoms with E-state index < -0.39 is 8.32 Å². The summed E-state index contributed by atoms with van der Waals surface area (Å²) < 4.78 is 20.7. The second kappa shape index (κ2) is 11.7. The summed E-state index contributed by atoms with van der Waals surface area (Å²) in [6.45, 7) is 11.2. The Bertz CT molecular complexity index is 1450. The highest BCUT2D eigenvalue weighted by Crippen LogP contribution is 2.48. The molecule has 1 amide bonds. The number of nitrogens with zero attached hydrogens (tertiary/aromatic N) is 1. The van der Waals surface area contributed by atoms with Gasteiger partial charge in [-0.2, -0.15) is 0 Å². The van der Waals surface area contributed by atoms with Crippen LogP contribution < -0.4 is 4.90 Å². The minimum atomic E-state index is -2.12. The number of hydrogen-bond acceptors (Lipinski definition) is 2. The van der Waals surface area contributed by atoms with E-state index in [2.05, 4.69) is 70.3 Å². The third-order valence-electron chi connectivity index (χ3n) is 8.77. The van der Waals surface area contributed by atoms with Crippen molar-refractivity contribution in [2.45, 2.75) is 63.9 Å². The van der Waals surface area contributed by atoms with Crippen LogP contribution in [0.3, 0.4) is 0 Å². The maximum Gasteiger partial charge on any atom is 0.233 e. The van der Waals surface area contributed by atoms with Crippen molar-refractivity contribution >= 4 is 19.9 Å². The van der Waals surface area contributed by atoms with Gasteiger partial charge in [-0.1, -0.05) is 93.6 Å². The lowest BCUT2D eigenvalue weighted by Gasteiger charge is -2.48. The molecule has 3 nitrogen and oxygen atoms in total. The predicted molar refractivity (Wildman–Crippen MR) is 168 cm³/mol. The molecule has 1 aliphatic rings. The molecule has 0 unspecified atom stereocenters. The van der Waals surface area contributed by atoms with E-state index in [1.165, 1.54) is 12.1 Å². The molecule has 0 spiro atoms. The Morgan fingerprint density at radius 1 is 0.902 bits per heavy atom. The molecule has 0 N–H and O–H groups in total. The first-order chi connectivity index (χ1) is 19.5. The number of para-hydroxylation sites is 1. The van der Waals surface area contributed by atoms with E-state index >= 15 is 0 Å². The summed E-state index contributed by atoms with van der Waals surface area (Å²) in [7, 11) is -2.12. The summed E-state index contributed by atoms with van der Waals surface area (Å²) >= 11 is 0. The van der Waals surface area contributed by atoms with E-state index in [1.54, 1.807) is 0 Å². The Morgan fingerprint density at radius 3 is 2.20 bits per heavy atom. The fraction of sp³-hybridized carbons (Fsp3) is 0.306. The van der Waals surface area contributed by atoms with Crippen LogP contribution in [0.4, 0.5) is 10.1 Å². The number of β-lactam (4-membered cyclic amide) rings is 1. The van der Waals surface area contributed by atoms with Crippen LogP contribution in [0.2, 0.25) is 18.1 Å². The second-order valence-electron chi connectivity index (χ2n) is 12.5. The molecule has 1 aliphatic heterocycles. The van der Waals surface area contributed by atoms with E-state index in [1.807, 2.05) is 65.6 Å². The van der Waals surface area contributed by atoms with Crippen LogP contribution in [0.1, 0.15) is 56.9 Å². The zero-order valence-electron chi connectivity index (χ0n) is 24.6. The van der Waals surface area contributed by atoms with Gasteiger partial charge in [-0.05, 0) is 89.6 Å². The van der Waals surface area contributed by atoms with Gasteiger partial charge in [-0.3, -0.25) is 4.79 Å². The van der Waals surface area contributed by atoms with Crippen LogP contribution in [0.25, 0.3) is 11.1 Å². The Kier molecular flexibility index (Phi) is 8.30. The third kappa shape index (κ3) is 6.21. The molecule has 1 saturated heterocycles. The summed E-state index contributed by atoms with van der Waals surface area (Å²) in [6.07, 6.45) is 1.16. The maximum atomic E-state index is 13.8. The van der Waals surface area contributed by atoms with Gasteiger partial charge in [0.05, 0.1) is 18.1 Å². The van der Waals surface area contributed by atoms with Crippen LogP contribution in [-0.4, -0.2) is 14.2 Å². The monoisotopic (exact) mass is 564 g/mol. The van der Waals surface area contributed by atoms with Gasteiger partial charge in [0, 0.05) is 5.69 Å². The molecule has 0 bridgehead atoms. The van der Waals surface area contributed by atoms with E-state index in [4.69, 9.17) is 4.43 Å². The second-order valence-corrected chi connectivity index (χ2v) is 17.3.